The fourth-order valence-electron chi connectivity index (χ4n) is 1.55. The number of halogens is 6. The van der Waals surface area contributed by atoms with Gasteiger partial charge in [0.1, 0.15) is 6.79 Å². The van der Waals surface area contributed by atoms with E-state index in [0.29, 0.717) is 0 Å². The van der Waals surface area contributed by atoms with Crippen molar-refractivity contribution in [3.05, 3.63) is 12.2 Å². The van der Waals surface area contributed by atoms with E-state index in [2.05, 4.69) is 20.8 Å². The predicted molar refractivity (Wildman–Crippen MR) is 78.3 cm³/mol. The minimum atomic E-state index is -6.17. The summed E-state index contributed by atoms with van der Waals surface area (Å²) in [6.45, 7) is 4.41. The van der Waals surface area contributed by atoms with Crippen molar-refractivity contribution < 1.29 is 54.9 Å². The summed E-state index contributed by atoms with van der Waals surface area (Å²) in [6.07, 6.45) is -12.3. The van der Waals surface area contributed by atoms with E-state index >= 15 is 0 Å². The van der Waals surface area contributed by atoms with Crippen molar-refractivity contribution in [3.63, 3.8) is 0 Å². The lowest BCUT2D eigenvalue weighted by atomic mass is 9.96. The van der Waals surface area contributed by atoms with Crippen LogP contribution in [0.15, 0.2) is 12.2 Å². The first-order valence-corrected chi connectivity index (χ1v) is 7.28. The van der Waals surface area contributed by atoms with E-state index in [4.69, 9.17) is 4.74 Å². The molecule has 0 aliphatic rings. The summed E-state index contributed by atoms with van der Waals surface area (Å²) >= 11 is 0. The minimum absolute atomic E-state index is 0.0314. The lowest BCUT2D eigenvalue weighted by molar-refractivity contribution is -0.380. The van der Waals surface area contributed by atoms with Crippen LogP contribution in [0.3, 0.4) is 0 Å². The number of carbonyl (C=O) groups excluding carboxylic acids is 2. The van der Waals surface area contributed by atoms with Crippen LogP contribution in [0.2, 0.25) is 0 Å². The highest BCUT2D eigenvalue weighted by molar-refractivity contribution is 5.87. The summed E-state index contributed by atoms with van der Waals surface area (Å²) < 4.78 is 95.6. The van der Waals surface area contributed by atoms with Gasteiger partial charge in [0.15, 0.2) is 0 Å². The molecule has 0 spiro atoms. The van der Waals surface area contributed by atoms with Crippen molar-refractivity contribution in [3.8, 4) is 0 Å². The highest BCUT2D eigenvalue weighted by Gasteiger charge is 2.78. The van der Waals surface area contributed by atoms with Gasteiger partial charge in [-0.3, -0.25) is 0 Å². The van der Waals surface area contributed by atoms with Gasteiger partial charge in [-0.2, -0.15) is 26.3 Å². The molecule has 0 aromatic heterocycles. The summed E-state index contributed by atoms with van der Waals surface area (Å²) in [5.41, 5.74) is -6.48. The Morgan fingerprint density at radius 2 is 1.37 bits per heavy atom. The second-order valence-corrected chi connectivity index (χ2v) is 6.32. The number of hydrogen-bond donors (Lipinski definition) is 0. The topological polar surface area (TPSA) is 71.1 Å². The number of ether oxygens (including phenoxy) is 4. The maximum Gasteiger partial charge on any atom is 0.437 e. The van der Waals surface area contributed by atoms with Crippen LogP contribution in [0.1, 0.15) is 20.8 Å². The highest BCUT2D eigenvalue weighted by Crippen LogP contribution is 2.47. The van der Waals surface area contributed by atoms with Crippen LogP contribution >= 0.6 is 0 Å². The smallest absolute Gasteiger partial charge is 0.437 e. The maximum absolute atomic E-state index is 13.1. The fourth-order valence-corrected chi connectivity index (χ4v) is 1.55. The normalized spacial score (nSPS) is 13.3. The van der Waals surface area contributed by atoms with Gasteiger partial charge in [-0.1, -0.05) is 20.4 Å². The van der Waals surface area contributed by atoms with Crippen LogP contribution < -0.4 is 0 Å². The summed E-state index contributed by atoms with van der Waals surface area (Å²) in [7, 11) is 0.780. The molecule has 0 fully saturated rings. The molecule has 0 saturated carbocycles. The standard InChI is InChI=1S/C15H20F6O6/c1-9(2)10(22)25-6-12(3,4)7-26-11(23)13(14(16,17)18,15(19,20)21)27-8-24-5/h1,6-8H2,2-5H3. The minimum Gasteiger partial charge on any atom is -0.462 e. The van der Waals surface area contributed by atoms with Crippen molar-refractivity contribution >= 4 is 11.9 Å². The van der Waals surface area contributed by atoms with Gasteiger partial charge in [0.2, 0.25) is 0 Å². The molecular formula is C15H20F6O6. The average molecular weight is 410 g/mol. The second-order valence-electron chi connectivity index (χ2n) is 6.32. The van der Waals surface area contributed by atoms with Crippen molar-refractivity contribution in [2.45, 2.75) is 38.7 Å². The first kappa shape index (κ1) is 25.2. The third kappa shape index (κ3) is 6.38. The number of rotatable bonds is 9. The van der Waals surface area contributed by atoms with E-state index < -0.39 is 55.3 Å². The second kappa shape index (κ2) is 8.91. The van der Waals surface area contributed by atoms with E-state index in [1.54, 1.807) is 0 Å². The van der Waals surface area contributed by atoms with Crippen LogP contribution in [0, 0.1) is 5.41 Å². The Morgan fingerprint density at radius 1 is 0.926 bits per heavy atom. The molecule has 0 unspecified atom stereocenters. The van der Waals surface area contributed by atoms with Crippen molar-refractivity contribution in [2.24, 2.45) is 5.41 Å². The quantitative estimate of drug-likeness (QED) is 0.252. The van der Waals surface area contributed by atoms with Gasteiger partial charge in [0.25, 0.3) is 0 Å². The molecule has 0 N–H and O–H groups in total. The van der Waals surface area contributed by atoms with E-state index in [0.717, 1.165) is 7.11 Å². The number of hydrogen-bond acceptors (Lipinski definition) is 6. The lowest BCUT2D eigenvalue weighted by Crippen LogP contribution is -2.65. The molecule has 0 aromatic carbocycles. The van der Waals surface area contributed by atoms with Crippen molar-refractivity contribution in [1.29, 1.82) is 0 Å². The van der Waals surface area contributed by atoms with Crippen molar-refractivity contribution in [1.82, 2.24) is 0 Å². The molecule has 0 aliphatic heterocycles. The monoisotopic (exact) mass is 410 g/mol. The predicted octanol–water partition coefficient (Wildman–Crippen LogP) is 3.16. The first-order valence-electron chi connectivity index (χ1n) is 7.28. The maximum atomic E-state index is 13.1. The summed E-state index contributed by atoms with van der Waals surface area (Å²) in [6, 6.07) is 0. The number of methoxy groups -OCH3 is 1. The van der Waals surface area contributed by atoms with Gasteiger partial charge < -0.3 is 18.9 Å². The zero-order valence-electron chi connectivity index (χ0n) is 15.0. The molecule has 0 atom stereocenters. The molecule has 0 amide bonds. The van der Waals surface area contributed by atoms with E-state index in [1.165, 1.54) is 20.8 Å². The Hall–Kier alpha value is -1.82. The molecule has 0 rings (SSSR count). The molecule has 158 valence electrons. The van der Waals surface area contributed by atoms with Crippen LogP contribution in [0.5, 0.6) is 0 Å². The SMILES string of the molecule is C=C(C)C(=O)OCC(C)(C)COC(=O)C(OCOC)(C(F)(F)F)C(F)(F)F. The van der Waals surface area contributed by atoms with E-state index in [1.807, 2.05) is 0 Å². The van der Waals surface area contributed by atoms with Crippen molar-refractivity contribution in [2.75, 3.05) is 27.1 Å². The zero-order valence-corrected chi connectivity index (χ0v) is 15.0. The van der Waals surface area contributed by atoms with Gasteiger partial charge in [-0.05, 0) is 6.92 Å². The lowest BCUT2D eigenvalue weighted by Gasteiger charge is -2.35. The summed E-state index contributed by atoms with van der Waals surface area (Å²) in [4.78, 5) is 23.1. The van der Waals surface area contributed by atoms with Gasteiger partial charge in [0, 0.05) is 18.1 Å². The Bertz CT molecular complexity index is 538. The number of alkyl halides is 6. The molecule has 0 saturated heterocycles. The molecular weight excluding hydrogens is 390 g/mol. The Kier molecular flexibility index (Phi) is 8.31. The van der Waals surface area contributed by atoms with E-state index in [-0.39, 0.29) is 5.57 Å². The molecule has 0 heterocycles. The molecule has 0 aliphatic carbocycles. The largest absolute Gasteiger partial charge is 0.462 e. The third-order valence-corrected chi connectivity index (χ3v) is 3.02. The molecule has 0 aromatic rings. The summed E-state index contributed by atoms with van der Waals surface area (Å²) in [5, 5.41) is 0. The van der Waals surface area contributed by atoms with Crippen LogP contribution in [-0.4, -0.2) is 57.0 Å². The first-order chi connectivity index (χ1) is 12.0. The number of esters is 2. The van der Waals surface area contributed by atoms with Gasteiger partial charge >= 0.3 is 29.9 Å². The molecule has 12 heteroatoms. The van der Waals surface area contributed by atoms with Gasteiger partial charge in [-0.25, -0.2) is 9.59 Å². The highest BCUT2D eigenvalue weighted by atomic mass is 19.4. The number of carbonyl (C=O) groups is 2. The van der Waals surface area contributed by atoms with Crippen LogP contribution in [0.4, 0.5) is 26.3 Å². The average Bonchev–Trinajstić information content (AvgIpc) is 2.48. The Balaban J connectivity index is 5.42. The zero-order chi connectivity index (χ0) is 21.7. The molecule has 0 bridgehead atoms. The summed E-state index contributed by atoms with van der Waals surface area (Å²) in [5.74, 6) is -3.53. The molecule has 27 heavy (non-hydrogen) atoms. The third-order valence-electron chi connectivity index (χ3n) is 3.02. The molecule has 0 radical (unpaired) electrons. The van der Waals surface area contributed by atoms with Crippen LogP contribution in [-0.2, 0) is 28.5 Å². The van der Waals surface area contributed by atoms with Gasteiger partial charge in [-0.15, -0.1) is 0 Å². The Morgan fingerprint density at radius 3 is 1.74 bits per heavy atom. The van der Waals surface area contributed by atoms with Crippen LogP contribution in [0.25, 0.3) is 0 Å². The van der Waals surface area contributed by atoms with Gasteiger partial charge in [0.05, 0.1) is 13.2 Å². The fraction of sp³-hybridized carbons (Fsp3) is 0.733. The van der Waals surface area contributed by atoms with E-state index in [9.17, 15) is 35.9 Å². The molecule has 6 nitrogen and oxygen atoms in total. The Labute approximate surface area is 151 Å².